The number of hydrogen-bond acceptors (Lipinski definition) is 5. The number of nitrogens with zero attached hydrogens (tertiary/aromatic N) is 4. The summed E-state index contributed by atoms with van der Waals surface area (Å²) in [6.07, 6.45) is 2.45. The Morgan fingerprint density at radius 2 is 1.75 bits per heavy atom. The van der Waals surface area contributed by atoms with Crippen LogP contribution < -0.4 is 10.1 Å². The van der Waals surface area contributed by atoms with Crippen molar-refractivity contribution in [3.05, 3.63) is 47.2 Å². The van der Waals surface area contributed by atoms with E-state index in [4.69, 9.17) is 4.74 Å². The van der Waals surface area contributed by atoms with E-state index in [1.807, 2.05) is 18.7 Å². The highest BCUT2D eigenvalue weighted by Gasteiger charge is 2.16. The monoisotopic (exact) mass is 385 g/mol. The third kappa shape index (κ3) is 5.80. The summed E-state index contributed by atoms with van der Waals surface area (Å²) in [5.41, 5.74) is 3.63. The van der Waals surface area contributed by atoms with Crippen LogP contribution in [0.3, 0.4) is 0 Å². The van der Waals surface area contributed by atoms with Crippen LogP contribution in [0.2, 0.25) is 0 Å². The summed E-state index contributed by atoms with van der Waals surface area (Å²) in [7, 11) is 3.63. The fraction of sp³-hybridized carbons (Fsp3) is 0.591. The lowest BCUT2D eigenvalue weighted by atomic mass is 10.2. The zero-order valence-electron chi connectivity index (χ0n) is 17.7. The summed E-state index contributed by atoms with van der Waals surface area (Å²) in [5.74, 6) is 0.860. The maximum absolute atomic E-state index is 5.45. The average Bonchev–Trinajstić information content (AvgIpc) is 2.99. The normalized spacial score (nSPS) is 15.8. The molecule has 2 aromatic rings. The summed E-state index contributed by atoms with van der Waals surface area (Å²) < 4.78 is 7.26. The van der Waals surface area contributed by atoms with E-state index in [-0.39, 0.29) is 0 Å². The third-order valence-corrected chi connectivity index (χ3v) is 5.58. The highest BCUT2D eigenvalue weighted by molar-refractivity contribution is 5.30. The molecule has 0 radical (unpaired) electrons. The van der Waals surface area contributed by atoms with Gasteiger partial charge in [-0.3, -0.25) is 4.90 Å². The van der Waals surface area contributed by atoms with Crippen LogP contribution in [0.4, 0.5) is 0 Å². The molecule has 1 N–H and O–H groups in total. The second-order valence-corrected chi connectivity index (χ2v) is 7.68. The molecule has 0 atom stereocenters. The number of piperazine rings is 1. The van der Waals surface area contributed by atoms with E-state index in [1.165, 1.54) is 56.7 Å². The first-order valence-corrected chi connectivity index (χ1v) is 10.4. The Morgan fingerprint density at radius 1 is 1.04 bits per heavy atom. The van der Waals surface area contributed by atoms with Crippen LogP contribution in [0.1, 0.15) is 29.7 Å². The average molecular weight is 386 g/mol. The van der Waals surface area contributed by atoms with E-state index >= 15 is 0 Å². The zero-order chi connectivity index (χ0) is 19.8. The summed E-state index contributed by atoms with van der Waals surface area (Å²) in [5, 5.41) is 7.97. The minimum absolute atomic E-state index is 0.820. The molecule has 1 fully saturated rings. The topological polar surface area (TPSA) is 45.6 Å². The molecule has 28 heavy (non-hydrogen) atoms. The van der Waals surface area contributed by atoms with Crippen molar-refractivity contribution in [2.24, 2.45) is 7.05 Å². The van der Waals surface area contributed by atoms with Crippen molar-refractivity contribution in [3.8, 4) is 5.88 Å². The molecular formula is C22H35N5O. The molecule has 6 nitrogen and oxygen atoms in total. The fourth-order valence-electron chi connectivity index (χ4n) is 3.95. The van der Waals surface area contributed by atoms with Crippen molar-refractivity contribution >= 4 is 0 Å². The summed E-state index contributed by atoms with van der Waals surface area (Å²) in [6, 6.07) is 10.8. The van der Waals surface area contributed by atoms with Crippen molar-refractivity contribution in [3.63, 3.8) is 0 Å². The quantitative estimate of drug-likeness (QED) is 0.637. The van der Waals surface area contributed by atoms with Gasteiger partial charge in [-0.05, 0) is 38.4 Å². The second kappa shape index (κ2) is 10.6. The SMILES string of the molecule is COc1c(CNCCCCN2CCN(Cc3ccccc3)CC2)c(C)nn1C. The number of ether oxygens (including phenoxy) is 1. The summed E-state index contributed by atoms with van der Waals surface area (Å²) >= 11 is 0. The number of unbranched alkanes of at least 4 members (excludes halogenated alkanes) is 1. The van der Waals surface area contributed by atoms with Crippen LogP contribution in [0.15, 0.2) is 30.3 Å². The van der Waals surface area contributed by atoms with Gasteiger partial charge in [0.2, 0.25) is 5.88 Å². The Kier molecular flexibility index (Phi) is 7.89. The first-order chi connectivity index (χ1) is 13.7. The van der Waals surface area contributed by atoms with E-state index in [0.29, 0.717) is 0 Å². The molecule has 1 aliphatic heterocycles. The van der Waals surface area contributed by atoms with Crippen LogP contribution in [0, 0.1) is 6.92 Å². The molecule has 1 saturated heterocycles. The smallest absolute Gasteiger partial charge is 0.216 e. The predicted octanol–water partition coefficient (Wildman–Crippen LogP) is 2.42. The van der Waals surface area contributed by atoms with Gasteiger partial charge in [-0.1, -0.05) is 30.3 Å². The molecule has 1 aromatic carbocycles. The lowest BCUT2D eigenvalue weighted by Gasteiger charge is -2.34. The lowest BCUT2D eigenvalue weighted by molar-refractivity contribution is 0.125. The maximum atomic E-state index is 5.45. The first-order valence-electron chi connectivity index (χ1n) is 10.4. The van der Waals surface area contributed by atoms with Gasteiger partial charge in [0.25, 0.3) is 0 Å². The van der Waals surface area contributed by atoms with Crippen molar-refractivity contribution in [1.29, 1.82) is 0 Å². The van der Waals surface area contributed by atoms with Crippen LogP contribution in [-0.2, 0) is 20.1 Å². The predicted molar refractivity (Wildman–Crippen MR) is 114 cm³/mol. The molecule has 154 valence electrons. The van der Waals surface area contributed by atoms with Crippen molar-refractivity contribution in [2.75, 3.05) is 46.4 Å². The molecule has 0 amide bonds. The van der Waals surface area contributed by atoms with Gasteiger partial charge < -0.3 is 15.0 Å². The van der Waals surface area contributed by atoms with E-state index in [2.05, 4.69) is 50.5 Å². The Labute approximate surface area is 169 Å². The minimum Gasteiger partial charge on any atom is -0.481 e. The Balaban J connectivity index is 1.27. The molecule has 0 spiro atoms. The molecule has 0 unspecified atom stereocenters. The number of rotatable bonds is 10. The Hall–Kier alpha value is -1.89. The van der Waals surface area contributed by atoms with Crippen LogP contribution in [0.5, 0.6) is 5.88 Å². The van der Waals surface area contributed by atoms with E-state index < -0.39 is 0 Å². The lowest BCUT2D eigenvalue weighted by Crippen LogP contribution is -2.46. The van der Waals surface area contributed by atoms with E-state index in [1.54, 1.807) is 7.11 Å². The molecule has 0 aliphatic carbocycles. The van der Waals surface area contributed by atoms with Crippen LogP contribution in [0.25, 0.3) is 0 Å². The molecule has 1 aliphatic rings. The van der Waals surface area contributed by atoms with Crippen molar-refractivity contribution in [2.45, 2.75) is 32.9 Å². The van der Waals surface area contributed by atoms with Gasteiger partial charge in [-0.25, -0.2) is 4.68 Å². The second-order valence-electron chi connectivity index (χ2n) is 7.68. The highest BCUT2D eigenvalue weighted by Crippen LogP contribution is 2.20. The summed E-state index contributed by atoms with van der Waals surface area (Å²) in [4.78, 5) is 5.17. The molecule has 0 saturated carbocycles. The molecule has 2 heterocycles. The number of nitrogens with one attached hydrogen (secondary N) is 1. The Morgan fingerprint density at radius 3 is 2.46 bits per heavy atom. The zero-order valence-corrected chi connectivity index (χ0v) is 17.7. The number of hydrogen-bond donors (Lipinski definition) is 1. The van der Waals surface area contributed by atoms with E-state index in [0.717, 1.165) is 31.2 Å². The van der Waals surface area contributed by atoms with Gasteiger partial charge in [0.1, 0.15) is 0 Å². The van der Waals surface area contributed by atoms with Crippen LogP contribution >= 0.6 is 0 Å². The molecule has 3 rings (SSSR count). The van der Waals surface area contributed by atoms with Crippen molar-refractivity contribution < 1.29 is 4.74 Å². The largest absolute Gasteiger partial charge is 0.481 e. The number of methoxy groups -OCH3 is 1. The molecular weight excluding hydrogens is 350 g/mol. The highest BCUT2D eigenvalue weighted by atomic mass is 16.5. The van der Waals surface area contributed by atoms with Crippen LogP contribution in [-0.4, -0.2) is 66.0 Å². The standard InChI is InChI=1S/C22H35N5O/c1-19-21(22(28-3)25(2)24-19)17-23-11-7-8-12-26-13-15-27(16-14-26)18-20-9-5-4-6-10-20/h4-6,9-10,23H,7-8,11-18H2,1-3H3. The van der Waals surface area contributed by atoms with Gasteiger partial charge in [-0.2, -0.15) is 5.10 Å². The van der Waals surface area contributed by atoms with Gasteiger partial charge >= 0.3 is 0 Å². The first kappa shape index (κ1) is 20.8. The van der Waals surface area contributed by atoms with Gasteiger partial charge in [-0.15, -0.1) is 0 Å². The van der Waals surface area contributed by atoms with Gasteiger partial charge in [0, 0.05) is 46.3 Å². The fourth-order valence-corrected chi connectivity index (χ4v) is 3.95. The molecule has 6 heteroatoms. The maximum Gasteiger partial charge on any atom is 0.216 e. The van der Waals surface area contributed by atoms with Gasteiger partial charge in [0.05, 0.1) is 18.4 Å². The van der Waals surface area contributed by atoms with Gasteiger partial charge in [0.15, 0.2) is 0 Å². The van der Waals surface area contributed by atoms with E-state index in [9.17, 15) is 0 Å². The molecule has 1 aromatic heterocycles. The number of aromatic nitrogens is 2. The number of aryl methyl sites for hydroxylation is 2. The number of benzene rings is 1. The minimum atomic E-state index is 0.820. The Bertz CT molecular complexity index is 707. The molecule has 0 bridgehead atoms. The third-order valence-electron chi connectivity index (χ3n) is 5.58. The summed E-state index contributed by atoms with van der Waals surface area (Å²) in [6.45, 7) is 10.9. The van der Waals surface area contributed by atoms with Crippen molar-refractivity contribution in [1.82, 2.24) is 24.9 Å².